The Morgan fingerprint density at radius 3 is 2.22 bits per heavy atom. The fraction of sp³-hybridized carbons (Fsp3) is 0.250. The van der Waals surface area contributed by atoms with Crippen molar-refractivity contribution in [2.75, 3.05) is 18.5 Å². The quantitative estimate of drug-likeness (QED) is 0.746. The summed E-state index contributed by atoms with van der Waals surface area (Å²) in [6.07, 6.45) is 1.02. The van der Waals surface area contributed by atoms with Gasteiger partial charge in [0.25, 0.3) is 0 Å². The zero-order valence-electron chi connectivity index (χ0n) is 10.5. The predicted molar refractivity (Wildman–Crippen MR) is 75.6 cm³/mol. The van der Waals surface area contributed by atoms with Crippen LogP contribution in [0.25, 0.3) is 0 Å². The first-order valence-corrected chi connectivity index (χ1v) is 6.36. The normalized spacial score (nSPS) is 10.2. The molecule has 0 unspecified atom stereocenters. The maximum atomic E-state index is 5.62. The summed E-state index contributed by atoms with van der Waals surface area (Å²) in [5, 5.41) is 3.36. The Labute approximate surface area is 109 Å². The Balaban J connectivity index is 1.54. The molecule has 0 aromatic heterocycles. The first kappa shape index (κ1) is 12.7. The fourth-order valence-electron chi connectivity index (χ4n) is 1.73. The van der Waals surface area contributed by atoms with Gasteiger partial charge < -0.3 is 10.1 Å². The van der Waals surface area contributed by atoms with E-state index >= 15 is 0 Å². The molecule has 1 N–H and O–H groups in total. The highest BCUT2D eigenvalue weighted by Gasteiger charge is 1.93. The molecule has 2 heteroatoms. The summed E-state index contributed by atoms with van der Waals surface area (Å²) in [6.45, 7) is 2.43. The van der Waals surface area contributed by atoms with E-state index in [0.29, 0.717) is 6.61 Å². The van der Waals surface area contributed by atoms with Crippen molar-refractivity contribution in [3.63, 3.8) is 0 Å². The molecule has 94 valence electrons. The lowest BCUT2D eigenvalue weighted by Crippen LogP contribution is -2.05. The summed E-state index contributed by atoms with van der Waals surface area (Å²) in [5.41, 5.74) is 2.40. The minimum Gasteiger partial charge on any atom is -0.385 e. The van der Waals surface area contributed by atoms with Gasteiger partial charge in [-0.3, -0.25) is 0 Å². The van der Waals surface area contributed by atoms with Gasteiger partial charge in [-0.2, -0.15) is 0 Å². The molecule has 2 nitrogen and oxygen atoms in total. The third kappa shape index (κ3) is 4.60. The molecule has 0 aliphatic heterocycles. The third-order valence-corrected chi connectivity index (χ3v) is 2.68. The largest absolute Gasteiger partial charge is 0.385 e. The van der Waals surface area contributed by atoms with Crippen molar-refractivity contribution in [3.8, 4) is 0 Å². The van der Waals surface area contributed by atoms with Gasteiger partial charge in [0.05, 0.1) is 6.61 Å². The number of nitrogens with one attached hydrogen (secondary N) is 1. The number of anilines is 1. The van der Waals surface area contributed by atoms with Gasteiger partial charge in [-0.25, -0.2) is 0 Å². The Morgan fingerprint density at radius 2 is 1.50 bits per heavy atom. The molecule has 0 spiro atoms. The highest BCUT2D eigenvalue weighted by Crippen LogP contribution is 2.05. The maximum Gasteiger partial charge on any atom is 0.0716 e. The van der Waals surface area contributed by atoms with E-state index in [1.165, 1.54) is 11.3 Å². The Kier molecular flexibility index (Phi) is 5.28. The molecule has 0 saturated carbocycles. The second-order valence-corrected chi connectivity index (χ2v) is 4.18. The molecule has 18 heavy (non-hydrogen) atoms. The van der Waals surface area contributed by atoms with Crippen molar-refractivity contribution in [3.05, 3.63) is 66.2 Å². The van der Waals surface area contributed by atoms with Crippen LogP contribution in [-0.4, -0.2) is 13.2 Å². The number of rotatable bonds is 7. The smallest absolute Gasteiger partial charge is 0.0716 e. The molecule has 0 bridgehead atoms. The zero-order chi connectivity index (χ0) is 12.5. The van der Waals surface area contributed by atoms with Gasteiger partial charge >= 0.3 is 0 Å². The van der Waals surface area contributed by atoms with Crippen LogP contribution in [0.5, 0.6) is 0 Å². The average Bonchev–Trinajstić information content (AvgIpc) is 2.45. The minimum absolute atomic E-state index is 0.701. The summed E-state index contributed by atoms with van der Waals surface area (Å²) < 4.78 is 5.62. The fourth-order valence-corrected chi connectivity index (χ4v) is 1.73. The van der Waals surface area contributed by atoms with E-state index in [1.807, 2.05) is 36.4 Å². The molecule has 0 radical (unpaired) electrons. The molecule has 0 heterocycles. The summed E-state index contributed by atoms with van der Waals surface area (Å²) in [4.78, 5) is 0. The lowest BCUT2D eigenvalue weighted by atomic mass is 10.2. The van der Waals surface area contributed by atoms with Crippen LogP contribution in [0.2, 0.25) is 0 Å². The van der Waals surface area contributed by atoms with E-state index in [2.05, 4.69) is 29.6 Å². The standard InChI is InChI=1S/C16H19NO/c1-3-8-15(9-4-1)14-18-13-7-12-17-16-10-5-2-6-11-16/h1-6,8-11,17H,7,12-14H2. The lowest BCUT2D eigenvalue weighted by molar-refractivity contribution is 0.120. The molecule has 0 atom stereocenters. The zero-order valence-corrected chi connectivity index (χ0v) is 10.5. The molecule has 0 fully saturated rings. The van der Waals surface area contributed by atoms with Crippen LogP contribution in [0.15, 0.2) is 60.7 Å². The van der Waals surface area contributed by atoms with Gasteiger partial charge in [0.15, 0.2) is 0 Å². The molecule has 2 aromatic rings. The number of hydrogen-bond acceptors (Lipinski definition) is 2. The van der Waals surface area contributed by atoms with Gasteiger partial charge in [0.1, 0.15) is 0 Å². The van der Waals surface area contributed by atoms with Crippen molar-refractivity contribution in [2.45, 2.75) is 13.0 Å². The highest BCUT2D eigenvalue weighted by atomic mass is 16.5. The first-order valence-electron chi connectivity index (χ1n) is 6.36. The number of benzene rings is 2. The van der Waals surface area contributed by atoms with E-state index in [4.69, 9.17) is 4.74 Å². The number of para-hydroxylation sites is 1. The van der Waals surface area contributed by atoms with E-state index in [-0.39, 0.29) is 0 Å². The van der Waals surface area contributed by atoms with E-state index in [0.717, 1.165) is 19.6 Å². The summed E-state index contributed by atoms with van der Waals surface area (Å²) >= 11 is 0. The van der Waals surface area contributed by atoms with E-state index in [1.54, 1.807) is 0 Å². The summed E-state index contributed by atoms with van der Waals surface area (Å²) in [6, 6.07) is 20.5. The van der Waals surface area contributed by atoms with Crippen molar-refractivity contribution in [1.29, 1.82) is 0 Å². The van der Waals surface area contributed by atoms with Crippen molar-refractivity contribution in [1.82, 2.24) is 0 Å². The first-order chi connectivity index (χ1) is 8.95. The van der Waals surface area contributed by atoms with Gasteiger partial charge in [-0.1, -0.05) is 48.5 Å². The SMILES string of the molecule is c1ccc(COCCCNc2ccccc2)cc1. The van der Waals surface area contributed by atoms with Crippen LogP contribution in [-0.2, 0) is 11.3 Å². The van der Waals surface area contributed by atoms with Crippen LogP contribution in [0, 0.1) is 0 Å². The predicted octanol–water partition coefficient (Wildman–Crippen LogP) is 3.71. The third-order valence-electron chi connectivity index (χ3n) is 2.68. The summed E-state index contributed by atoms with van der Waals surface area (Å²) in [5.74, 6) is 0. The van der Waals surface area contributed by atoms with Gasteiger partial charge in [-0.15, -0.1) is 0 Å². The van der Waals surface area contributed by atoms with E-state index < -0.39 is 0 Å². The van der Waals surface area contributed by atoms with Crippen molar-refractivity contribution >= 4 is 5.69 Å². The molecule has 0 aliphatic carbocycles. The Morgan fingerprint density at radius 1 is 0.833 bits per heavy atom. The lowest BCUT2D eigenvalue weighted by Gasteiger charge is -2.07. The molecule has 0 saturated heterocycles. The molecular formula is C16H19NO. The topological polar surface area (TPSA) is 21.3 Å². The van der Waals surface area contributed by atoms with Crippen molar-refractivity contribution < 1.29 is 4.74 Å². The van der Waals surface area contributed by atoms with Crippen molar-refractivity contribution in [2.24, 2.45) is 0 Å². The Bertz CT molecular complexity index is 384. The summed E-state index contributed by atoms with van der Waals surface area (Å²) in [7, 11) is 0. The molecule has 2 rings (SSSR count). The van der Waals surface area contributed by atoms with Gasteiger partial charge in [0.2, 0.25) is 0 Å². The van der Waals surface area contributed by atoms with Crippen LogP contribution in [0.4, 0.5) is 5.69 Å². The second-order valence-electron chi connectivity index (χ2n) is 4.18. The number of ether oxygens (including phenoxy) is 1. The van der Waals surface area contributed by atoms with Gasteiger partial charge in [0, 0.05) is 18.8 Å². The van der Waals surface area contributed by atoms with Crippen LogP contribution < -0.4 is 5.32 Å². The molecular weight excluding hydrogens is 222 g/mol. The monoisotopic (exact) mass is 241 g/mol. The molecule has 0 aliphatic rings. The molecule has 2 aromatic carbocycles. The minimum atomic E-state index is 0.701. The average molecular weight is 241 g/mol. The Hall–Kier alpha value is -1.80. The van der Waals surface area contributed by atoms with Crippen LogP contribution in [0.1, 0.15) is 12.0 Å². The van der Waals surface area contributed by atoms with Crippen LogP contribution >= 0.6 is 0 Å². The van der Waals surface area contributed by atoms with E-state index in [9.17, 15) is 0 Å². The highest BCUT2D eigenvalue weighted by molar-refractivity contribution is 5.42. The van der Waals surface area contributed by atoms with Gasteiger partial charge in [-0.05, 0) is 24.1 Å². The maximum absolute atomic E-state index is 5.62. The second kappa shape index (κ2) is 7.51. The molecule has 0 amide bonds. The van der Waals surface area contributed by atoms with Crippen LogP contribution in [0.3, 0.4) is 0 Å². The number of hydrogen-bond donors (Lipinski definition) is 1.